The number of carboxylic acid groups (broad SMARTS) is 1. The third-order valence-corrected chi connectivity index (χ3v) is 8.49. The zero-order valence-electron chi connectivity index (χ0n) is 22.2. The maximum atomic E-state index is 13.9. The van der Waals surface area contributed by atoms with Crippen molar-refractivity contribution in [2.75, 3.05) is 5.32 Å². The first-order valence-electron chi connectivity index (χ1n) is 13.5. The van der Waals surface area contributed by atoms with Gasteiger partial charge in [0, 0.05) is 18.7 Å². The number of hydrogen-bond donors (Lipinski definition) is 2. The van der Waals surface area contributed by atoms with Crippen LogP contribution in [-0.2, 0) is 22.6 Å². The molecule has 3 aromatic rings. The largest absolute Gasteiger partial charge is 0.480 e. The highest BCUT2D eigenvalue weighted by atomic mass is 35.5. The van der Waals surface area contributed by atoms with Crippen LogP contribution in [0.25, 0.3) is 0 Å². The lowest BCUT2D eigenvalue weighted by molar-refractivity contribution is -0.148. The van der Waals surface area contributed by atoms with E-state index >= 15 is 0 Å². The van der Waals surface area contributed by atoms with Crippen LogP contribution < -0.4 is 5.32 Å². The number of anilines is 1. The Morgan fingerprint density at radius 2 is 1.49 bits per heavy atom. The second-order valence-electron chi connectivity index (χ2n) is 10.4. The summed E-state index contributed by atoms with van der Waals surface area (Å²) >= 11 is 12.3. The number of carbonyl (C=O) groups excluding carboxylic acids is 3. The SMILES string of the molecule is O=C(Nc1ccc(CC(C(=O)O)N2C(=O)N(Cc3ccccc3)C3(CCCCC3)C2=O)cc1)c1c(Cl)cccc1Cl. The second-order valence-corrected chi connectivity index (χ2v) is 11.2. The highest BCUT2D eigenvalue weighted by molar-refractivity contribution is 6.40. The van der Waals surface area contributed by atoms with E-state index in [-0.39, 0.29) is 28.6 Å². The van der Waals surface area contributed by atoms with E-state index in [1.807, 2.05) is 30.3 Å². The predicted molar refractivity (Wildman–Crippen MR) is 156 cm³/mol. The zero-order valence-corrected chi connectivity index (χ0v) is 23.7. The van der Waals surface area contributed by atoms with Gasteiger partial charge >= 0.3 is 12.0 Å². The Balaban J connectivity index is 1.36. The number of nitrogens with one attached hydrogen (secondary N) is 1. The summed E-state index contributed by atoms with van der Waals surface area (Å²) in [6.45, 7) is 0.234. The molecule has 2 aliphatic rings. The van der Waals surface area contributed by atoms with Gasteiger partial charge in [-0.15, -0.1) is 0 Å². The van der Waals surface area contributed by atoms with Gasteiger partial charge in [0.25, 0.3) is 11.8 Å². The van der Waals surface area contributed by atoms with Crippen molar-refractivity contribution < 1.29 is 24.3 Å². The van der Waals surface area contributed by atoms with Crippen molar-refractivity contribution in [3.63, 3.8) is 0 Å². The van der Waals surface area contributed by atoms with Gasteiger partial charge in [0.1, 0.15) is 11.6 Å². The molecule has 0 radical (unpaired) electrons. The molecule has 1 saturated heterocycles. The Bertz CT molecular complexity index is 1450. The highest BCUT2D eigenvalue weighted by Gasteiger charge is 2.59. The standard InChI is InChI=1S/C31H29Cl2N3O5/c32-23-10-7-11-24(33)26(23)27(37)34-22-14-12-20(13-15-22)18-25(28(38)39)36-29(40)31(16-5-2-6-17-31)35(30(36)41)19-21-8-3-1-4-9-21/h1,3-4,7-15,25H,2,5-6,16-19H2,(H,34,37)(H,38,39). The van der Waals surface area contributed by atoms with Gasteiger partial charge in [0.15, 0.2) is 0 Å². The van der Waals surface area contributed by atoms with Gasteiger partial charge in [0.05, 0.1) is 15.6 Å². The number of urea groups is 1. The molecule has 1 heterocycles. The van der Waals surface area contributed by atoms with Gasteiger partial charge < -0.3 is 15.3 Å². The normalized spacial score (nSPS) is 17.1. The van der Waals surface area contributed by atoms with Crippen LogP contribution in [0.15, 0.2) is 72.8 Å². The van der Waals surface area contributed by atoms with E-state index in [1.54, 1.807) is 47.4 Å². The molecule has 2 N–H and O–H groups in total. The van der Waals surface area contributed by atoms with Crippen molar-refractivity contribution in [2.24, 2.45) is 0 Å². The maximum absolute atomic E-state index is 13.9. The van der Waals surface area contributed by atoms with Gasteiger partial charge in [0.2, 0.25) is 0 Å². The third kappa shape index (κ3) is 5.67. The summed E-state index contributed by atoms with van der Waals surface area (Å²) in [6, 6.07) is 18.8. The molecule has 1 aliphatic heterocycles. The second kappa shape index (κ2) is 11.9. The summed E-state index contributed by atoms with van der Waals surface area (Å²) in [6.07, 6.45) is 3.50. The number of nitrogens with zero attached hydrogens (tertiary/aromatic N) is 2. The van der Waals surface area contributed by atoms with E-state index in [0.717, 1.165) is 29.7 Å². The molecule has 1 spiro atoms. The predicted octanol–water partition coefficient (Wildman–Crippen LogP) is 6.41. The van der Waals surface area contributed by atoms with Crippen molar-refractivity contribution in [1.29, 1.82) is 0 Å². The topological polar surface area (TPSA) is 107 Å². The van der Waals surface area contributed by atoms with E-state index < -0.39 is 35.4 Å². The van der Waals surface area contributed by atoms with E-state index in [2.05, 4.69) is 5.32 Å². The number of rotatable bonds is 8. The molecule has 1 atom stereocenters. The molecular weight excluding hydrogens is 565 g/mol. The molecule has 5 rings (SSSR count). The van der Waals surface area contributed by atoms with E-state index in [1.165, 1.54) is 0 Å². The number of imide groups is 1. The van der Waals surface area contributed by atoms with Crippen LogP contribution in [0.3, 0.4) is 0 Å². The van der Waals surface area contributed by atoms with Crippen LogP contribution in [-0.4, -0.2) is 50.3 Å². The molecule has 4 amide bonds. The number of aliphatic carboxylic acids is 1. The molecule has 1 saturated carbocycles. The Morgan fingerprint density at radius 3 is 2.10 bits per heavy atom. The summed E-state index contributed by atoms with van der Waals surface area (Å²) in [5, 5.41) is 13.4. The maximum Gasteiger partial charge on any atom is 0.328 e. The number of benzene rings is 3. The van der Waals surface area contributed by atoms with Crippen molar-refractivity contribution in [1.82, 2.24) is 9.80 Å². The quantitative estimate of drug-likeness (QED) is 0.293. The third-order valence-electron chi connectivity index (χ3n) is 7.86. The van der Waals surface area contributed by atoms with Crippen molar-refractivity contribution >= 4 is 52.7 Å². The van der Waals surface area contributed by atoms with E-state index in [9.17, 15) is 24.3 Å². The zero-order chi connectivity index (χ0) is 29.1. The first kappa shape index (κ1) is 28.6. The molecule has 10 heteroatoms. The van der Waals surface area contributed by atoms with Gasteiger partial charge in [-0.25, -0.2) is 14.5 Å². The molecular formula is C31H29Cl2N3O5. The molecule has 3 aromatic carbocycles. The molecule has 2 fully saturated rings. The van der Waals surface area contributed by atoms with Crippen molar-refractivity contribution in [3.05, 3.63) is 99.5 Å². The number of amides is 4. The van der Waals surface area contributed by atoms with E-state index in [0.29, 0.717) is 24.1 Å². The van der Waals surface area contributed by atoms with Gasteiger partial charge in [-0.1, -0.05) is 91.0 Å². The molecule has 212 valence electrons. The van der Waals surface area contributed by atoms with Crippen LogP contribution in [0.5, 0.6) is 0 Å². The number of halogens is 2. The summed E-state index contributed by atoms with van der Waals surface area (Å²) in [5.74, 6) is -2.18. The Hall–Kier alpha value is -3.88. The minimum absolute atomic E-state index is 0.0767. The van der Waals surface area contributed by atoms with E-state index in [4.69, 9.17) is 23.2 Å². The smallest absolute Gasteiger partial charge is 0.328 e. The fourth-order valence-corrected chi connectivity index (χ4v) is 6.33. The van der Waals surface area contributed by atoms with Gasteiger partial charge in [-0.3, -0.25) is 9.59 Å². The summed E-state index contributed by atoms with van der Waals surface area (Å²) in [7, 11) is 0. The molecule has 1 unspecified atom stereocenters. The molecule has 41 heavy (non-hydrogen) atoms. The van der Waals surface area contributed by atoms with Crippen molar-refractivity contribution in [2.45, 2.75) is 56.7 Å². The average Bonchev–Trinajstić information content (AvgIpc) is 3.14. The van der Waals surface area contributed by atoms with Crippen molar-refractivity contribution in [3.8, 4) is 0 Å². The fraction of sp³-hybridized carbons (Fsp3) is 0.290. The summed E-state index contributed by atoms with van der Waals surface area (Å²) in [4.78, 5) is 55.5. The molecule has 0 aromatic heterocycles. The van der Waals surface area contributed by atoms with Gasteiger partial charge in [-0.2, -0.15) is 0 Å². The van der Waals surface area contributed by atoms with Crippen LogP contribution in [0.1, 0.15) is 53.6 Å². The lowest BCUT2D eigenvalue weighted by Gasteiger charge is -2.38. The Morgan fingerprint density at radius 1 is 0.854 bits per heavy atom. The minimum Gasteiger partial charge on any atom is -0.480 e. The summed E-state index contributed by atoms with van der Waals surface area (Å²) < 4.78 is 0. The molecule has 8 nitrogen and oxygen atoms in total. The van der Waals surface area contributed by atoms with Gasteiger partial charge in [-0.05, 0) is 48.2 Å². The minimum atomic E-state index is -1.38. The van der Waals surface area contributed by atoms with Crippen LogP contribution in [0.4, 0.5) is 10.5 Å². The number of carboxylic acids is 1. The number of hydrogen-bond acceptors (Lipinski definition) is 4. The summed E-state index contributed by atoms with van der Waals surface area (Å²) in [5.41, 5.74) is 1.03. The van der Waals surface area contributed by atoms with Crippen LogP contribution in [0, 0.1) is 0 Å². The monoisotopic (exact) mass is 593 g/mol. The Kier molecular flexibility index (Phi) is 8.33. The molecule has 0 bridgehead atoms. The first-order valence-corrected chi connectivity index (χ1v) is 14.2. The molecule has 1 aliphatic carbocycles. The Labute approximate surface area is 247 Å². The highest BCUT2D eigenvalue weighted by Crippen LogP contribution is 2.42. The van der Waals surface area contributed by atoms with Crippen LogP contribution >= 0.6 is 23.2 Å². The first-order chi connectivity index (χ1) is 19.7. The fourth-order valence-electron chi connectivity index (χ4n) is 5.76. The van der Waals surface area contributed by atoms with Crippen LogP contribution in [0.2, 0.25) is 10.0 Å². The lowest BCUT2D eigenvalue weighted by Crippen LogP contribution is -2.51. The average molecular weight is 594 g/mol. The number of carbonyl (C=O) groups is 4. The lowest BCUT2D eigenvalue weighted by atomic mass is 9.80.